The van der Waals surface area contributed by atoms with Gasteiger partial charge in [0.2, 0.25) is 15.9 Å². The Balaban J connectivity index is 2.23. The van der Waals surface area contributed by atoms with Gasteiger partial charge in [-0.15, -0.1) is 0 Å². The maximum absolute atomic E-state index is 12.5. The summed E-state index contributed by atoms with van der Waals surface area (Å²) in [6.07, 6.45) is 1.11. The van der Waals surface area contributed by atoms with Crippen LogP contribution in [-0.4, -0.2) is 41.2 Å². The lowest BCUT2D eigenvalue weighted by atomic mass is 10.0. The standard InChI is InChI=1S/C20H27N3O3S/c1-15(2)18-8-6-7-9-19(18)23(27(5,25)26)14-20(24)21-16-10-12-17(13-11-16)22(3)4/h6-13,15H,14H2,1-5H3,(H,21,24). The number of amides is 1. The molecule has 27 heavy (non-hydrogen) atoms. The molecule has 7 heteroatoms. The first-order valence-electron chi connectivity index (χ1n) is 8.73. The van der Waals surface area contributed by atoms with Gasteiger partial charge in [-0.3, -0.25) is 9.10 Å². The van der Waals surface area contributed by atoms with Crippen LogP contribution in [0.15, 0.2) is 48.5 Å². The summed E-state index contributed by atoms with van der Waals surface area (Å²) >= 11 is 0. The van der Waals surface area contributed by atoms with Crippen molar-refractivity contribution in [1.82, 2.24) is 0 Å². The first-order valence-corrected chi connectivity index (χ1v) is 10.6. The molecule has 0 saturated heterocycles. The molecule has 1 N–H and O–H groups in total. The molecule has 1 amide bonds. The quantitative estimate of drug-likeness (QED) is 0.789. The van der Waals surface area contributed by atoms with E-state index in [1.165, 1.54) is 0 Å². The molecule has 0 radical (unpaired) electrons. The first-order chi connectivity index (χ1) is 12.6. The van der Waals surface area contributed by atoms with E-state index in [0.29, 0.717) is 11.4 Å². The molecular formula is C20H27N3O3S. The van der Waals surface area contributed by atoms with E-state index in [-0.39, 0.29) is 12.5 Å². The van der Waals surface area contributed by atoms with E-state index < -0.39 is 15.9 Å². The molecule has 0 spiro atoms. The van der Waals surface area contributed by atoms with Crippen molar-refractivity contribution in [2.75, 3.05) is 41.4 Å². The maximum Gasteiger partial charge on any atom is 0.245 e. The SMILES string of the molecule is CC(C)c1ccccc1N(CC(=O)Nc1ccc(N(C)C)cc1)S(C)(=O)=O. The van der Waals surface area contributed by atoms with Crippen LogP contribution < -0.4 is 14.5 Å². The fourth-order valence-corrected chi connectivity index (χ4v) is 3.63. The Labute approximate surface area is 161 Å². The van der Waals surface area contributed by atoms with Gasteiger partial charge < -0.3 is 10.2 Å². The fourth-order valence-electron chi connectivity index (χ4n) is 2.76. The van der Waals surface area contributed by atoms with E-state index in [4.69, 9.17) is 0 Å². The molecule has 2 rings (SSSR count). The maximum atomic E-state index is 12.5. The third kappa shape index (κ3) is 5.47. The summed E-state index contributed by atoms with van der Waals surface area (Å²) in [6.45, 7) is 3.70. The van der Waals surface area contributed by atoms with Gasteiger partial charge in [-0.05, 0) is 41.8 Å². The zero-order valence-corrected chi connectivity index (χ0v) is 17.2. The lowest BCUT2D eigenvalue weighted by molar-refractivity contribution is -0.114. The molecule has 0 aliphatic heterocycles. The molecular weight excluding hydrogens is 362 g/mol. The summed E-state index contributed by atoms with van der Waals surface area (Å²) in [6, 6.07) is 14.6. The van der Waals surface area contributed by atoms with Gasteiger partial charge in [-0.25, -0.2) is 8.42 Å². The van der Waals surface area contributed by atoms with Gasteiger partial charge >= 0.3 is 0 Å². The zero-order valence-electron chi connectivity index (χ0n) is 16.4. The minimum absolute atomic E-state index is 0.132. The van der Waals surface area contributed by atoms with Crippen LogP contribution in [0.3, 0.4) is 0 Å². The highest BCUT2D eigenvalue weighted by Gasteiger charge is 2.24. The van der Waals surface area contributed by atoms with E-state index in [2.05, 4.69) is 5.32 Å². The van der Waals surface area contributed by atoms with Crippen LogP contribution >= 0.6 is 0 Å². The molecule has 0 aliphatic rings. The lowest BCUT2D eigenvalue weighted by Gasteiger charge is -2.25. The van der Waals surface area contributed by atoms with Crippen LogP contribution in [0.2, 0.25) is 0 Å². The molecule has 146 valence electrons. The van der Waals surface area contributed by atoms with Crippen molar-refractivity contribution in [3.8, 4) is 0 Å². The van der Waals surface area contributed by atoms with Crippen molar-refractivity contribution >= 4 is 33.0 Å². The summed E-state index contributed by atoms with van der Waals surface area (Å²) in [4.78, 5) is 14.5. The van der Waals surface area contributed by atoms with Crippen molar-refractivity contribution in [3.05, 3.63) is 54.1 Å². The smallest absolute Gasteiger partial charge is 0.245 e. The van der Waals surface area contributed by atoms with Crippen molar-refractivity contribution in [1.29, 1.82) is 0 Å². The van der Waals surface area contributed by atoms with Crippen molar-refractivity contribution < 1.29 is 13.2 Å². The fraction of sp³-hybridized carbons (Fsp3) is 0.350. The normalized spacial score (nSPS) is 11.3. The second-order valence-corrected chi connectivity index (χ2v) is 8.88. The third-order valence-electron chi connectivity index (χ3n) is 4.18. The summed E-state index contributed by atoms with van der Waals surface area (Å²) in [5.74, 6) is -0.260. The minimum Gasteiger partial charge on any atom is -0.378 e. The van der Waals surface area contributed by atoms with Crippen molar-refractivity contribution in [3.63, 3.8) is 0 Å². The van der Waals surface area contributed by atoms with Gasteiger partial charge in [0, 0.05) is 25.5 Å². The highest BCUT2D eigenvalue weighted by Crippen LogP contribution is 2.29. The number of anilines is 3. The van der Waals surface area contributed by atoms with E-state index in [9.17, 15) is 13.2 Å². The molecule has 6 nitrogen and oxygen atoms in total. The topological polar surface area (TPSA) is 69.7 Å². The van der Waals surface area contributed by atoms with E-state index >= 15 is 0 Å². The molecule has 0 fully saturated rings. The molecule has 0 unspecified atom stereocenters. The molecule has 0 atom stereocenters. The Morgan fingerprint density at radius 3 is 2.15 bits per heavy atom. The molecule has 2 aromatic rings. The Kier molecular flexibility index (Phi) is 6.49. The van der Waals surface area contributed by atoms with Crippen LogP contribution in [-0.2, 0) is 14.8 Å². The molecule has 0 heterocycles. The number of nitrogens with one attached hydrogen (secondary N) is 1. The number of nitrogens with zero attached hydrogens (tertiary/aromatic N) is 2. The van der Waals surface area contributed by atoms with Gasteiger partial charge in [0.05, 0.1) is 11.9 Å². The van der Waals surface area contributed by atoms with E-state index in [0.717, 1.165) is 21.8 Å². The summed E-state index contributed by atoms with van der Waals surface area (Å²) in [5, 5.41) is 2.77. The number of benzene rings is 2. The van der Waals surface area contributed by atoms with Crippen LogP contribution in [0.5, 0.6) is 0 Å². The Hall–Kier alpha value is -2.54. The Bertz CT molecular complexity index is 891. The number of sulfonamides is 1. The van der Waals surface area contributed by atoms with Crippen molar-refractivity contribution in [2.45, 2.75) is 19.8 Å². The number of carbonyl (C=O) groups excluding carboxylic acids is 1. The minimum atomic E-state index is -3.61. The monoisotopic (exact) mass is 389 g/mol. The summed E-state index contributed by atoms with van der Waals surface area (Å²) in [5.41, 5.74) is 3.05. The van der Waals surface area contributed by atoms with Gasteiger partial charge in [-0.1, -0.05) is 32.0 Å². The summed E-state index contributed by atoms with van der Waals surface area (Å²) < 4.78 is 25.9. The van der Waals surface area contributed by atoms with Crippen molar-refractivity contribution in [2.24, 2.45) is 0 Å². The molecule has 2 aromatic carbocycles. The molecule has 0 saturated carbocycles. The highest BCUT2D eigenvalue weighted by molar-refractivity contribution is 7.92. The second-order valence-electron chi connectivity index (χ2n) is 6.97. The van der Waals surface area contributed by atoms with E-state index in [1.807, 2.05) is 57.1 Å². The van der Waals surface area contributed by atoms with Gasteiger partial charge in [0.1, 0.15) is 6.54 Å². The third-order valence-corrected chi connectivity index (χ3v) is 5.31. The molecule has 0 aliphatic carbocycles. The average Bonchev–Trinajstić information content (AvgIpc) is 2.59. The molecule has 0 bridgehead atoms. The Morgan fingerprint density at radius 2 is 1.63 bits per heavy atom. The lowest BCUT2D eigenvalue weighted by Crippen LogP contribution is -2.38. The van der Waals surface area contributed by atoms with Gasteiger partial charge in [-0.2, -0.15) is 0 Å². The van der Waals surface area contributed by atoms with Crippen LogP contribution in [0, 0.1) is 0 Å². The second kappa shape index (κ2) is 8.43. The van der Waals surface area contributed by atoms with Crippen LogP contribution in [0.1, 0.15) is 25.3 Å². The van der Waals surface area contributed by atoms with Crippen LogP contribution in [0.25, 0.3) is 0 Å². The number of hydrogen-bond acceptors (Lipinski definition) is 4. The van der Waals surface area contributed by atoms with Gasteiger partial charge in [0.15, 0.2) is 0 Å². The molecule has 0 aromatic heterocycles. The zero-order chi connectivity index (χ0) is 20.2. The van der Waals surface area contributed by atoms with E-state index in [1.54, 1.807) is 24.3 Å². The predicted molar refractivity (Wildman–Crippen MR) is 112 cm³/mol. The first kappa shape index (κ1) is 20.8. The van der Waals surface area contributed by atoms with Crippen LogP contribution in [0.4, 0.5) is 17.1 Å². The number of rotatable bonds is 7. The predicted octanol–water partition coefficient (Wildman–Crippen LogP) is 3.28. The Morgan fingerprint density at radius 1 is 1.04 bits per heavy atom. The number of hydrogen-bond donors (Lipinski definition) is 1. The number of carbonyl (C=O) groups is 1. The number of para-hydroxylation sites is 1. The highest BCUT2D eigenvalue weighted by atomic mass is 32.2. The largest absolute Gasteiger partial charge is 0.378 e. The average molecular weight is 390 g/mol. The van der Waals surface area contributed by atoms with Gasteiger partial charge in [0.25, 0.3) is 0 Å². The summed E-state index contributed by atoms with van der Waals surface area (Å²) in [7, 11) is 0.255.